The summed E-state index contributed by atoms with van der Waals surface area (Å²) in [5, 5.41) is 15.4. The van der Waals surface area contributed by atoms with Crippen molar-refractivity contribution in [2.75, 3.05) is 0 Å². The highest BCUT2D eigenvalue weighted by Crippen LogP contribution is 2.43. The fraction of sp³-hybridized carbons (Fsp3) is 0.176. The minimum atomic E-state index is -0.435. The monoisotopic (exact) mass is 426 g/mol. The molecule has 7 nitrogen and oxygen atoms in total. The van der Waals surface area contributed by atoms with Crippen molar-refractivity contribution in [2.24, 2.45) is 5.73 Å². The van der Waals surface area contributed by atoms with Crippen LogP contribution in [0.15, 0.2) is 36.7 Å². The van der Waals surface area contributed by atoms with E-state index in [2.05, 4.69) is 15.4 Å². The first-order valence-electron chi connectivity index (χ1n) is 7.83. The minimum absolute atomic E-state index is 0. The van der Waals surface area contributed by atoms with Crippen LogP contribution in [0.2, 0.25) is 5.02 Å². The number of benzene rings is 1. The predicted octanol–water partition coefficient (Wildman–Crippen LogP) is 3.42. The molecule has 4 rings (SSSR count). The van der Waals surface area contributed by atoms with Crippen LogP contribution in [-0.2, 0) is 0 Å². The van der Waals surface area contributed by atoms with Gasteiger partial charge in [-0.05, 0) is 37.1 Å². The van der Waals surface area contributed by atoms with Crippen LogP contribution >= 0.6 is 36.4 Å². The van der Waals surface area contributed by atoms with E-state index in [1.807, 2.05) is 18.2 Å². The zero-order chi connectivity index (χ0) is 17.6. The maximum absolute atomic E-state index is 12.4. The van der Waals surface area contributed by atoms with Gasteiger partial charge in [0, 0.05) is 17.5 Å². The number of aromatic nitrogens is 3. The van der Waals surface area contributed by atoms with Crippen molar-refractivity contribution in [3.63, 3.8) is 0 Å². The Morgan fingerprint density at radius 2 is 2.04 bits per heavy atom. The largest absolute Gasteiger partial charge is 0.370 e. The Balaban J connectivity index is 0.00000131. The fourth-order valence-corrected chi connectivity index (χ4v) is 3.22. The molecule has 0 bridgehead atoms. The molecular weight excluding hydrogens is 411 g/mol. The maximum atomic E-state index is 12.4. The zero-order valence-corrected chi connectivity index (χ0v) is 16.4. The quantitative estimate of drug-likeness (QED) is 0.439. The number of nitrogens with two attached hydrogens (primary N) is 1. The normalized spacial score (nSPS) is 12.8. The van der Waals surface area contributed by atoms with Crippen molar-refractivity contribution >= 4 is 59.2 Å². The van der Waals surface area contributed by atoms with Crippen LogP contribution in [0.1, 0.15) is 34.8 Å². The van der Waals surface area contributed by atoms with E-state index in [4.69, 9.17) is 22.7 Å². The molecule has 3 aromatic rings. The molecule has 27 heavy (non-hydrogen) atoms. The van der Waals surface area contributed by atoms with Gasteiger partial charge in [-0.1, -0.05) is 11.6 Å². The van der Waals surface area contributed by atoms with Gasteiger partial charge in [-0.15, -0.1) is 24.8 Å². The SMILES string of the molecule is Cl.Cl.N=C(N)NC(=O)c1cnn(-c2c(Cl)ccc3ncccc23)c1C1CC1. The van der Waals surface area contributed by atoms with E-state index in [9.17, 15) is 4.79 Å². The molecule has 1 amide bonds. The van der Waals surface area contributed by atoms with Crippen LogP contribution in [0.5, 0.6) is 0 Å². The van der Waals surface area contributed by atoms with E-state index < -0.39 is 11.9 Å². The first-order chi connectivity index (χ1) is 12.1. The molecule has 1 saturated carbocycles. The second-order valence-electron chi connectivity index (χ2n) is 5.96. The topological polar surface area (TPSA) is 110 Å². The number of guanidine groups is 1. The second-order valence-corrected chi connectivity index (χ2v) is 6.37. The molecule has 10 heteroatoms. The van der Waals surface area contributed by atoms with Gasteiger partial charge in [0.15, 0.2) is 5.96 Å². The fourth-order valence-electron chi connectivity index (χ4n) is 2.98. The van der Waals surface area contributed by atoms with Gasteiger partial charge in [0.1, 0.15) is 0 Å². The standard InChI is InChI=1S/C17H15ClN6O.2ClH/c18-12-5-6-13-10(2-1-7-21-13)15(12)24-14(9-3-4-9)11(8-22-24)16(25)23-17(19)20;;/h1-2,5-9H,3-4H2,(H4,19,20,23,25);2*1H. The third-order valence-electron chi connectivity index (χ3n) is 4.18. The number of carbonyl (C=O) groups excluding carboxylic acids is 1. The van der Waals surface area contributed by atoms with Crippen LogP contribution in [-0.4, -0.2) is 26.6 Å². The molecule has 0 atom stereocenters. The van der Waals surface area contributed by atoms with E-state index >= 15 is 0 Å². The van der Waals surface area contributed by atoms with Crippen molar-refractivity contribution in [1.82, 2.24) is 20.1 Å². The third-order valence-corrected chi connectivity index (χ3v) is 4.49. The molecule has 0 spiro atoms. The van der Waals surface area contributed by atoms with Gasteiger partial charge in [-0.2, -0.15) is 5.10 Å². The molecule has 0 aliphatic heterocycles. The maximum Gasteiger partial charge on any atom is 0.261 e. The van der Waals surface area contributed by atoms with Crippen molar-refractivity contribution in [3.8, 4) is 5.69 Å². The minimum Gasteiger partial charge on any atom is -0.370 e. The number of amides is 1. The lowest BCUT2D eigenvalue weighted by atomic mass is 10.1. The summed E-state index contributed by atoms with van der Waals surface area (Å²) in [6.45, 7) is 0. The number of hydrogen-bond acceptors (Lipinski definition) is 4. The molecule has 2 heterocycles. The molecule has 2 aromatic heterocycles. The number of halogens is 3. The van der Waals surface area contributed by atoms with Crippen LogP contribution in [0.25, 0.3) is 16.6 Å². The number of carbonyl (C=O) groups is 1. The summed E-state index contributed by atoms with van der Waals surface area (Å²) in [6.07, 6.45) is 5.17. The summed E-state index contributed by atoms with van der Waals surface area (Å²) in [7, 11) is 0. The predicted molar refractivity (Wildman–Crippen MR) is 110 cm³/mol. The average Bonchev–Trinajstić information content (AvgIpc) is 3.33. The summed E-state index contributed by atoms with van der Waals surface area (Å²) in [4.78, 5) is 16.7. The number of fused-ring (bicyclic) bond motifs is 1. The Morgan fingerprint density at radius 1 is 1.30 bits per heavy atom. The lowest BCUT2D eigenvalue weighted by molar-refractivity contribution is 0.0975. The first kappa shape index (κ1) is 21.0. The number of nitrogens with one attached hydrogen (secondary N) is 2. The van der Waals surface area contributed by atoms with Crippen LogP contribution in [0.3, 0.4) is 0 Å². The number of rotatable bonds is 3. The third kappa shape index (κ3) is 3.85. The molecule has 0 saturated heterocycles. The lowest BCUT2D eigenvalue weighted by Gasteiger charge is -2.13. The zero-order valence-electron chi connectivity index (χ0n) is 14.0. The molecular formula is C17H17Cl3N6O. The summed E-state index contributed by atoms with van der Waals surface area (Å²) in [5.74, 6) is -0.597. The lowest BCUT2D eigenvalue weighted by Crippen LogP contribution is -2.36. The van der Waals surface area contributed by atoms with E-state index in [1.165, 1.54) is 6.20 Å². The van der Waals surface area contributed by atoms with Gasteiger partial charge in [-0.3, -0.25) is 20.5 Å². The van der Waals surface area contributed by atoms with Gasteiger partial charge in [0.05, 0.1) is 33.7 Å². The van der Waals surface area contributed by atoms with Crippen LogP contribution in [0, 0.1) is 5.41 Å². The van der Waals surface area contributed by atoms with Crippen LogP contribution < -0.4 is 11.1 Å². The highest BCUT2D eigenvalue weighted by Gasteiger charge is 2.33. The Morgan fingerprint density at radius 3 is 2.70 bits per heavy atom. The van der Waals surface area contributed by atoms with Gasteiger partial charge >= 0.3 is 0 Å². The molecule has 1 aliphatic carbocycles. The van der Waals surface area contributed by atoms with E-state index in [-0.39, 0.29) is 30.7 Å². The molecule has 142 valence electrons. The average molecular weight is 428 g/mol. The van der Waals surface area contributed by atoms with Crippen LogP contribution in [0.4, 0.5) is 0 Å². The summed E-state index contributed by atoms with van der Waals surface area (Å²) >= 11 is 6.46. The molecule has 1 aliphatic rings. The number of pyridine rings is 1. The van der Waals surface area contributed by atoms with Crippen molar-refractivity contribution < 1.29 is 4.79 Å². The Bertz CT molecular complexity index is 1020. The molecule has 0 unspecified atom stereocenters. The van der Waals surface area contributed by atoms with Crippen molar-refractivity contribution in [1.29, 1.82) is 5.41 Å². The summed E-state index contributed by atoms with van der Waals surface area (Å²) in [5.41, 5.74) is 7.99. The smallest absolute Gasteiger partial charge is 0.261 e. The Hall–Kier alpha value is -2.35. The number of hydrogen-bond donors (Lipinski definition) is 3. The highest BCUT2D eigenvalue weighted by molar-refractivity contribution is 6.33. The van der Waals surface area contributed by atoms with Gasteiger partial charge < -0.3 is 5.73 Å². The molecule has 0 radical (unpaired) electrons. The molecule has 1 aromatic carbocycles. The van der Waals surface area contributed by atoms with Gasteiger partial charge in [0.25, 0.3) is 5.91 Å². The Labute approximate surface area is 172 Å². The summed E-state index contributed by atoms with van der Waals surface area (Å²) in [6, 6.07) is 7.40. The number of nitrogens with zero attached hydrogens (tertiary/aromatic N) is 3. The van der Waals surface area contributed by atoms with Gasteiger partial charge in [-0.25, -0.2) is 4.68 Å². The summed E-state index contributed by atoms with van der Waals surface area (Å²) < 4.78 is 1.72. The first-order valence-corrected chi connectivity index (χ1v) is 8.21. The van der Waals surface area contributed by atoms with E-state index in [0.717, 1.165) is 29.4 Å². The van der Waals surface area contributed by atoms with Gasteiger partial charge in [0.2, 0.25) is 0 Å². The highest BCUT2D eigenvalue weighted by atomic mass is 35.5. The van der Waals surface area contributed by atoms with E-state index in [0.29, 0.717) is 16.3 Å². The Kier molecular flexibility index (Phi) is 6.30. The van der Waals surface area contributed by atoms with E-state index in [1.54, 1.807) is 16.9 Å². The second kappa shape index (κ2) is 8.12. The molecule has 4 N–H and O–H groups in total. The van der Waals surface area contributed by atoms with Crippen molar-refractivity contribution in [2.45, 2.75) is 18.8 Å². The van der Waals surface area contributed by atoms with Crippen molar-refractivity contribution in [3.05, 3.63) is 52.9 Å². The molecule has 1 fully saturated rings.